The molecular weight excluding hydrogens is 278 g/mol. The summed E-state index contributed by atoms with van der Waals surface area (Å²) in [4.78, 5) is 0. The summed E-state index contributed by atoms with van der Waals surface area (Å²) in [5, 5.41) is 16.9. The zero-order valence-electron chi connectivity index (χ0n) is 13.8. The number of hydrogen-bond donors (Lipinski definition) is 2. The quantitative estimate of drug-likeness (QED) is 0.826. The summed E-state index contributed by atoms with van der Waals surface area (Å²) in [6.07, 6.45) is 0.182. The Balaban J connectivity index is 2.01. The number of hydrogen-bond acceptors (Lipinski definition) is 4. The minimum absolute atomic E-state index is 0.103. The predicted octanol–water partition coefficient (Wildman–Crippen LogP) is 2.89. The van der Waals surface area contributed by atoms with E-state index >= 15 is 0 Å². The fourth-order valence-corrected chi connectivity index (χ4v) is 2.42. The Morgan fingerprint density at radius 3 is 2.50 bits per heavy atom. The van der Waals surface area contributed by atoms with Crippen LogP contribution in [0.3, 0.4) is 0 Å². The lowest BCUT2D eigenvalue weighted by atomic mass is 10.2. The first-order valence-electron chi connectivity index (χ1n) is 7.65. The number of aliphatic hydroxyl groups excluding tert-OH is 1. The van der Waals surface area contributed by atoms with Crippen LogP contribution in [0.5, 0.6) is 5.75 Å². The molecule has 0 aliphatic carbocycles. The van der Waals surface area contributed by atoms with E-state index in [9.17, 15) is 0 Å². The Bertz CT molecular complexity index is 603. The van der Waals surface area contributed by atoms with E-state index in [0.717, 1.165) is 22.8 Å². The van der Waals surface area contributed by atoms with Gasteiger partial charge in [0.25, 0.3) is 0 Å². The Kier molecular flexibility index (Phi) is 5.44. The molecular formula is C17H25N3O2. The van der Waals surface area contributed by atoms with Crippen molar-refractivity contribution >= 4 is 5.69 Å². The van der Waals surface area contributed by atoms with E-state index in [-0.39, 0.29) is 12.7 Å². The van der Waals surface area contributed by atoms with Crippen molar-refractivity contribution in [3.8, 4) is 5.75 Å². The molecule has 0 bridgehead atoms. The van der Waals surface area contributed by atoms with Crippen LogP contribution in [0.2, 0.25) is 0 Å². The highest BCUT2D eigenvalue weighted by atomic mass is 16.5. The standard InChI is InChI=1S/C17H25N3O2/c1-12(2)22-16-7-5-15(6-8-16)18-11-17-13(3)19-20(9-10-21)14(17)4/h5-8,12,18,21H,9-11H2,1-4H3. The third-order valence-electron chi connectivity index (χ3n) is 3.54. The van der Waals surface area contributed by atoms with Crippen LogP contribution in [0.25, 0.3) is 0 Å². The van der Waals surface area contributed by atoms with Crippen molar-refractivity contribution in [3.05, 3.63) is 41.2 Å². The number of aliphatic hydroxyl groups is 1. The molecule has 0 aliphatic heterocycles. The summed E-state index contributed by atoms with van der Waals surface area (Å²) < 4.78 is 7.49. The predicted molar refractivity (Wildman–Crippen MR) is 88.3 cm³/mol. The zero-order chi connectivity index (χ0) is 16.1. The summed E-state index contributed by atoms with van der Waals surface area (Å²) in [5.74, 6) is 0.878. The molecule has 0 atom stereocenters. The summed E-state index contributed by atoms with van der Waals surface area (Å²) in [6.45, 7) is 9.42. The second-order valence-electron chi connectivity index (χ2n) is 5.64. The van der Waals surface area contributed by atoms with Crippen molar-refractivity contribution in [3.63, 3.8) is 0 Å². The molecule has 2 aromatic rings. The Labute approximate surface area is 131 Å². The van der Waals surface area contributed by atoms with Crippen LogP contribution in [-0.2, 0) is 13.1 Å². The lowest BCUT2D eigenvalue weighted by Crippen LogP contribution is -2.07. The number of nitrogens with one attached hydrogen (secondary N) is 1. The Hall–Kier alpha value is -2.01. The van der Waals surface area contributed by atoms with E-state index in [1.807, 2.05) is 56.6 Å². The van der Waals surface area contributed by atoms with Crippen molar-refractivity contribution in [2.45, 2.75) is 46.9 Å². The molecule has 0 radical (unpaired) electrons. The van der Waals surface area contributed by atoms with Crippen molar-refractivity contribution in [1.29, 1.82) is 0 Å². The normalized spacial score (nSPS) is 11.0. The van der Waals surface area contributed by atoms with Crippen LogP contribution in [0.1, 0.15) is 30.8 Å². The molecule has 2 rings (SSSR count). The van der Waals surface area contributed by atoms with E-state index in [1.165, 1.54) is 5.56 Å². The molecule has 0 fully saturated rings. The van der Waals surface area contributed by atoms with Gasteiger partial charge in [0, 0.05) is 23.5 Å². The number of anilines is 1. The lowest BCUT2D eigenvalue weighted by Gasteiger charge is -2.11. The fourth-order valence-electron chi connectivity index (χ4n) is 2.42. The van der Waals surface area contributed by atoms with Crippen molar-refractivity contribution in [2.75, 3.05) is 11.9 Å². The van der Waals surface area contributed by atoms with Gasteiger partial charge >= 0.3 is 0 Å². The van der Waals surface area contributed by atoms with Gasteiger partial charge in [-0.3, -0.25) is 4.68 Å². The van der Waals surface area contributed by atoms with Gasteiger partial charge < -0.3 is 15.2 Å². The van der Waals surface area contributed by atoms with Crippen LogP contribution in [0.15, 0.2) is 24.3 Å². The van der Waals surface area contributed by atoms with Crippen LogP contribution in [0, 0.1) is 13.8 Å². The Morgan fingerprint density at radius 1 is 1.23 bits per heavy atom. The van der Waals surface area contributed by atoms with Gasteiger partial charge in [-0.15, -0.1) is 0 Å². The molecule has 2 N–H and O–H groups in total. The summed E-state index contributed by atoms with van der Waals surface area (Å²) in [7, 11) is 0. The molecule has 22 heavy (non-hydrogen) atoms. The van der Waals surface area contributed by atoms with E-state index in [1.54, 1.807) is 0 Å². The second-order valence-corrected chi connectivity index (χ2v) is 5.64. The van der Waals surface area contributed by atoms with Crippen LogP contribution < -0.4 is 10.1 Å². The van der Waals surface area contributed by atoms with Gasteiger partial charge in [-0.1, -0.05) is 0 Å². The van der Waals surface area contributed by atoms with E-state index in [0.29, 0.717) is 13.1 Å². The molecule has 120 valence electrons. The highest BCUT2D eigenvalue weighted by molar-refractivity contribution is 5.47. The molecule has 0 saturated carbocycles. The number of rotatable bonds is 7. The maximum atomic E-state index is 9.05. The molecule has 1 aromatic carbocycles. The van der Waals surface area contributed by atoms with E-state index < -0.39 is 0 Å². The minimum Gasteiger partial charge on any atom is -0.491 e. The number of benzene rings is 1. The lowest BCUT2D eigenvalue weighted by molar-refractivity contribution is 0.242. The van der Waals surface area contributed by atoms with Crippen molar-refractivity contribution in [1.82, 2.24) is 9.78 Å². The van der Waals surface area contributed by atoms with Gasteiger partial charge in [-0.25, -0.2) is 0 Å². The second kappa shape index (κ2) is 7.31. The van der Waals surface area contributed by atoms with E-state index in [2.05, 4.69) is 10.4 Å². The average molecular weight is 303 g/mol. The number of nitrogens with zero attached hydrogens (tertiary/aromatic N) is 2. The van der Waals surface area contributed by atoms with Crippen molar-refractivity contribution < 1.29 is 9.84 Å². The topological polar surface area (TPSA) is 59.3 Å². The van der Waals surface area contributed by atoms with Gasteiger partial charge in [0.1, 0.15) is 5.75 Å². The van der Waals surface area contributed by atoms with Gasteiger partial charge in [-0.2, -0.15) is 5.10 Å². The molecule has 0 saturated heterocycles. The third kappa shape index (κ3) is 4.01. The van der Waals surface area contributed by atoms with Gasteiger partial charge in [0.2, 0.25) is 0 Å². The fraction of sp³-hybridized carbons (Fsp3) is 0.471. The van der Waals surface area contributed by atoms with Gasteiger partial charge in [-0.05, 0) is 52.0 Å². The minimum atomic E-state index is 0.103. The molecule has 5 nitrogen and oxygen atoms in total. The SMILES string of the molecule is Cc1nn(CCO)c(C)c1CNc1ccc(OC(C)C)cc1. The van der Waals surface area contributed by atoms with Gasteiger partial charge in [0.05, 0.1) is 24.9 Å². The largest absolute Gasteiger partial charge is 0.491 e. The number of ether oxygens (including phenoxy) is 1. The zero-order valence-corrected chi connectivity index (χ0v) is 13.8. The average Bonchev–Trinajstić information content (AvgIpc) is 2.73. The summed E-state index contributed by atoms with van der Waals surface area (Å²) in [5.41, 5.74) is 4.32. The highest BCUT2D eigenvalue weighted by Crippen LogP contribution is 2.19. The first kappa shape index (κ1) is 16.4. The van der Waals surface area contributed by atoms with Gasteiger partial charge in [0.15, 0.2) is 0 Å². The first-order chi connectivity index (χ1) is 10.5. The molecule has 0 aliphatic rings. The number of aromatic nitrogens is 2. The maximum Gasteiger partial charge on any atom is 0.119 e. The maximum absolute atomic E-state index is 9.05. The van der Waals surface area contributed by atoms with Crippen molar-refractivity contribution in [2.24, 2.45) is 0 Å². The smallest absolute Gasteiger partial charge is 0.119 e. The van der Waals surface area contributed by atoms with Crippen LogP contribution in [-0.4, -0.2) is 27.6 Å². The monoisotopic (exact) mass is 303 g/mol. The van der Waals surface area contributed by atoms with Crippen LogP contribution in [0.4, 0.5) is 5.69 Å². The molecule has 0 spiro atoms. The molecule has 0 unspecified atom stereocenters. The number of aryl methyl sites for hydroxylation is 1. The molecule has 0 amide bonds. The third-order valence-corrected chi connectivity index (χ3v) is 3.54. The summed E-state index contributed by atoms with van der Waals surface area (Å²) in [6, 6.07) is 7.97. The summed E-state index contributed by atoms with van der Waals surface area (Å²) >= 11 is 0. The first-order valence-corrected chi connectivity index (χ1v) is 7.65. The van der Waals surface area contributed by atoms with E-state index in [4.69, 9.17) is 9.84 Å². The molecule has 1 aromatic heterocycles. The van der Waals surface area contributed by atoms with Crippen LogP contribution >= 0.6 is 0 Å². The molecule has 1 heterocycles. The molecule has 5 heteroatoms. The highest BCUT2D eigenvalue weighted by Gasteiger charge is 2.10. The Morgan fingerprint density at radius 2 is 1.91 bits per heavy atom.